The van der Waals surface area contributed by atoms with E-state index < -0.39 is 29.8 Å². The number of benzene rings is 2. The zero-order valence-corrected chi connectivity index (χ0v) is 13.5. The summed E-state index contributed by atoms with van der Waals surface area (Å²) < 4.78 is 18.9. The van der Waals surface area contributed by atoms with Gasteiger partial charge < -0.3 is 10.1 Å². The Balaban J connectivity index is 2.23. The molecule has 0 saturated heterocycles. The largest absolute Gasteiger partial charge is 0.444 e. The number of imide groups is 1. The molecule has 0 unspecified atom stereocenters. The number of hydrogen-bond donors (Lipinski definition) is 2. The van der Waals surface area contributed by atoms with Gasteiger partial charge in [0.05, 0.1) is 5.56 Å². The molecule has 0 aromatic heterocycles. The summed E-state index contributed by atoms with van der Waals surface area (Å²) in [6.45, 7) is 2.01. The maximum Gasteiger partial charge on any atom is 0.342 e. The van der Waals surface area contributed by atoms with Gasteiger partial charge in [0.15, 0.2) is 0 Å². The minimum absolute atomic E-state index is 0.297. The van der Waals surface area contributed by atoms with Crippen LogP contribution in [0.15, 0.2) is 54.6 Å². The van der Waals surface area contributed by atoms with Gasteiger partial charge in [0.1, 0.15) is 5.82 Å². The summed E-state index contributed by atoms with van der Waals surface area (Å²) in [6, 6.07) is 12.7. The van der Waals surface area contributed by atoms with Gasteiger partial charge in [-0.1, -0.05) is 42.5 Å². The average molecular weight is 344 g/mol. The topological polar surface area (TPSA) is 84.5 Å². The lowest BCUT2D eigenvalue weighted by Gasteiger charge is -2.18. The first-order chi connectivity index (χ1) is 12.0. The van der Waals surface area contributed by atoms with E-state index in [0.29, 0.717) is 12.1 Å². The lowest BCUT2D eigenvalue weighted by atomic mass is 10.1. The van der Waals surface area contributed by atoms with Crippen LogP contribution in [0.25, 0.3) is 0 Å². The van der Waals surface area contributed by atoms with Crippen LogP contribution >= 0.6 is 0 Å². The number of halogens is 1. The number of rotatable bonds is 5. The molecule has 130 valence electrons. The highest BCUT2D eigenvalue weighted by molar-refractivity contribution is 5.99. The molecule has 1 atom stereocenters. The van der Waals surface area contributed by atoms with Crippen molar-refractivity contribution in [1.82, 2.24) is 10.6 Å². The molecular weight excluding hydrogens is 327 g/mol. The first kappa shape index (κ1) is 18.1. The standard InChI is InChI=1S/C18H17FN2O4/c1-2-20-18(24)21-16(22)15(12-8-4-3-5-9-12)25-17(23)13-10-6-7-11-14(13)19/h3-11,15H,2H2,1H3,(H2,20,21,22,24)/t15-/m0/s1. The number of ether oxygens (including phenoxy) is 1. The van der Waals surface area contributed by atoms with Crippen LogP contribution in [0.3, 0.4) is 0 Å². The summed E-state index contributed by atoms with van der Waals surface area (Å²) in [5.74, 6) is -2.59. The minimum atomic E-state index is -1.39. The van der Waals surface area contributed by atoms with Crippen LogP contribution in [0.2, 0.25) is 0 Å². The van der Waals surface area contributed by atoms with Crippen LogP contribution in [0.1, 0.15) is 28.9 Å². The van der Waals surface area contributed by atoms with Crippen molar-refractivity contribution in [2.24, 2.45) is 0 Å². The lowest BCUT2D eigenvalue weighted by molar-refractivity contribution is -0.129. The second-order valence-electron chi connectivity index (χ2n) is 5.02. The molecule has 25 heavy (non-hydrogen) atoms. The lowest BCUT2D eigenvalue weighted by Crippen LogP contribution is -2.42. The number of hydrogen-bond acceptors (Lipinski definition) is 4. The fourth-order valence-electron chi connectivity index (χ4n) is 2.08. The number of esters is 1. The molecule has 0 aliphatic heterocycles. The Bertz CT molecular complexity index is 765. The summed E-state index contributed by atoms with van der Waals surface area (Å²) in [6.07, 6.45) is -1.39. The Kier molecular flexibility index (Phi) is 6.22. The summed E-state index contributed by atoms with van der Waals surface area (Å²) in [5.41, 5.74) is 0.0585. The third kappa shape index (κ3) is 4.87. The van der Waals surface area contributed by atoms with E-state index in [1.165, 1.54) is 18.2 Å². The van der Waals surface area contributed by atoms with Gasteiger partial charge in [-0.15, -0.1) is 0 Å². The molecule has 0 radical (unpaired) electrons. The van der Waals surface area contributed by atoms with Gasteiger partial charge in [0.25, 0.3) is 5.91 Å². The molecule has 2 aromatic rings. The van der Waals surface area contributed by atoms with Crippen LogP contribution < -0.4 is 10.6 Å². The van der Waals surface area contributed by atoms with Crippen molar-refractivity contribution < 1.29 is 23.5 Å². The molecule has 0 aliphatic carbocycles. The number of nitrogens with one attached hydrogen (secondary N) is 2. The van der Waals surface area contributed by atoms with Crippen molar-refractivity contribution in [1.29, 1.82) is 0 Å². The number of carbonyl (C=O) groups is 3. The molecule has 7 heteroatoms. The molecule has 0 fully saturated rings. The second-order valence-corrected chi connectivity index (χ2v) is 5.02. The molecule has 0 saturated carbocycles. The Hall–Kier alpha value is -3.22. The van der Waals surface area contributed by atoms with Gasteiger partial charge in [0, 0.05) is 12.1 Å². The van der Waals surface area contributed by atoms with E-state index in [1.54, 1.807) is 37.3 Å². The smallest absolute Gasteiger partial charge is 0.342 e. The van der Waals surface area contributed by atoms with Crippen LogP contribution in [-0.4, -0.2) is 24.5 Å². The first-order valence-corrected chi connectivity index (χ1v) is 7.62. The van der Waals surface area contributed by atoms with Gasteiger partial charge in [-0.05, 0) is 19.1 Å². The molecule has 3 amide bonds. The predicted octanol–water partition coefficient (Wildman–Crippen LogP) is 2.57. The molecule has 0 bridgehead atoms. The van der Waals surface area contributed by atoms with Gasteiger partial charge in [0.2, 0.25) is 6.10 Å². The van der Waals surface area contributed by atoms with E-state index >= 15 is 0 Å². The predicted molar refractivity (Wildman–Crippen MR) is 88.2 cm³/mol. The number of carbonyl (C=O) groups excluding carboxylic acids is 3. The molecule has 2 rings (SSSR count). The van der Waals surface area contributed by atoms with E-state index in [2.05, 4.69) is 10.6 Å². The quantitative estimate of drug-likeness (QED) is 0.817. The summed E-state index contributed by atoms with van der Waals surface area (Å²) in [7, 11) is 0. The fraction of sp³-hybridized carbons (Fsp3) is 0.167. The highest BCUT2D eigenvalue weighted by Gasteiger charge is 2.27. The highest BCUT2D eigenvalue weighted by Crippen LogP contribution is 2.20. The summed E-state index contributed by atoms with van der Waals surface area (Å²) >= 11 is 0. The molecule has 0 spiro atoms. The van der Waals surface area contributed by atoms with Crippen molar-refractivity contribution in [2.75, 3.05) is 6.54 Å². The van der Waals surface area contributed by atoms with Crippen molar-refractivity contribution >= 4 is 17.9 Å². The van der Waals surface area contributed by atoms with Crippen molar-refractivity contribution in [3.63, 3.8) is 0 Å². The maximum absolute atomic E-state index is 13.7. The van der Waals surface area contributed by atoms with Gasteiger partial charge in [-0.3, -0.25) is 10.1 Å². The van der Waals surface area contributed by atoms with E-state index in [4.69, 9.17) is 4.74 Å². The SMILES string of the molecule is CCNC(=O)NC(=O)[C@@H](OC(=O)c1ccccc1F)c1ccccc1. The Morgan fingerprint density at radius 1 is 1.04 bits per heavy atom. The minimum Gasteiger partial charge on any atom is -0.444 e. The van der Waals surface area contributed by atoms with Crippen LogP contribution in [0.5, 0.6) is 0 Å². The highest BCUT2D eigenvalue weighted by atomic mass is 19.1. The Labute approximate surface area is 144 Å². The molecule has 0 aliphatic rings. The van der Waals surface area contributed by atoms with Crippen molar-refractivity contribution in [3.8, 4) is 0 Å². The van der Waals surface area contributed by atoms with Crippen LogP contribution in [0, 0.1) is 5.82 Å². The monoisotopic (exact) mass is 344 g/mol. The third-order valence-electron chi connectivity index (χ3n) is 3.23. The zero-order valence-electron chi connectivity index (χ0n) is 13.5. The molecule has 2 aromatic carbocycles. The first-order valence-electron chi connectivity index (χ1n) is 7.62. The van der Waals surface area contributed by atoms with Crippen molar-refractivity contribution in [2.45, 2.75) is 13.0 Å². The average Bonchev–Trinajstić information content (AvgIpc) is 2.60. The fourth-order valence-corrected chi connectivity index (χ4v) is 2.08. The second kappa shape index (κ2) is 8.58. The van der Waals surface area contributed by atoms with E-state index in [9.17, 15) is 18.8 Å². The molecule has 6 nitrogen and oxygen atoms in total. The molecule has 0 heterocycles. The third-order valence-corrected chi connectivity index (χ3v) is 3.23. The molecular formula is C18H17FN2O4. The van der Waals surface area contributed by atoms with E-state index in [-0.39, 0.29) is 5.56 Å². The zero-order chi connectivity index (χ0) is 18.2. The Morgan fingerprint density at radius 3 is 2.32 bits per heavy atom. The van der Waals surface area contributed by atoms with E-state index in [0.717, 1.165) is 6.07 Å². The normalized spacial score (nSPS) is 11.3. The summed E-state index contributed by atoms with van der Waals surface area (Å²) in [4.78, 5) is 36.1. The number of amides is 3. The summed E-state index contributed by atoms with van der Waals surface area (Å²) in [5, 5.41) is 4.50. The van der Waals surface area contributed by atoms with E-state index in [1.807, 2.05) is 0 Å². The van der Waals surface area contributed by atoms with Crippen LogP contribution in [-0.2, 0) is 9.53 Å². The van der Waals surface area contributed by atoms with Crippen LogP contribution in [0.4, 0.5) is 9.18 Å². The van der Waals surface area contributed by atoms with Gasteiger partial charge in [-0.25, -0.2) is 14.0 Å². The van der Waals surface area contributed by atoms with Gasteiger partial charge in [-0.2, -0.15) is 0 Å². The molecule has 2 N–H and O–H groups in total. The van der Waals surface area contributed by atoms with Crippen molar-refractivity contribution in [3.05, 3.63) is 71.5 Å². The number of urea groups is 1. The van der Waals surface area contributed by atoms with Gasteiger partial charge >= 0.3 is 12.0 Å². The maximum atomic E-state index is 13.7. The Morgan fingerprint density at radius 2 is 1.68 bits per heavy atom.